The Morgan fingerprint density at radius 3 is 3.13 bits per heavy atom. The van der Waals surface area contributed by atoms with Crippen LogP contribution in [0.5, 0.6) is 0 Å². The van der Waals surface area contributed by atoms with Crippen molar-refractivity contribution in [2.75, 3.05) is 31.2 Å². The second-order valence-electron chi connectivity index (χ2n) is 3.10. The molecule has 2 rings (SSSR count). The normalized spacial score (nSPS) is 16.1. The van der Waals surface area contributed by atoms with Crippen LogP contribution < -0.4 is 4.90 Å². The SMILES string of the molecule is [N-]=[N+]=NCc1cnc(N2CCOCC2)s1. The Morgan fingerprint density at radius 2 is 2.40 bits per heavy atom. The lowest BCUT2D eigenvalue weighted by Crippen LogP contribution is -2.36. The van der Waals surface area contributed by atoms with Gasteiger partial charge in [-0.3, -0.25) is 0 Å². The van der Waals surface area contributed by atoms with Crippen LogP contribution in [0, 0.1) is 0 Å². The monoisotopic (exact) mass is 225 g/mol. The Balaban J connectivity index is 2.01. The fraction of sp³-hybridized carbons (Fsp3) is 0.625. The van der Waals surface area contributed by atoms with Crippen molar-refractivity contribution in [1.29, 1.82) is 0 Å². The van der Waals surface area contributed by atoms with Crippen LogP contribution >= 0.6 is 11.3 Å². The molecule has 80 valence electrons. The highest BCUT2D eigenvalue weighted by molar-refractivity contribution is 7.15. The number of rotatable bonds is 3. The van der Waals surface area contributed by atoms with Gasteiger partial charge in [0.15, 0.2) is 5.13 Å². The molecule has 0 radical (unpaired) electrons. The van der Waals surface area contributed by atoms with Gasteiger partial charge in [0.05, 0.1) is 19.8 Å². The van der Waals surface area contributed by atoms with E-state index in [1.807, 2.05) is 0 Å². The van der Waals surface area contributed by atoms with Crippen molar-refractivity contribution in [3.05, 3.63) is 21.5 Å². The third-order valence-electron chi connectivity index (χ3n) is 2.11. The first-order valence-corrected chi connectivity index (χ1v) is 5.50. The smallest absolute Gasteiger partial charge is 0.185 e. The number of hydrogen-bond donors (Lipinski definition) is 0. The molecule has 0 N–H and O–H groups in total. The topological polar surface area (TPSA) is 74.1 Å². The molecule has 1 saturated heterocycles. The highest BCUT2D eigenvalue weighted by Crippen LogP contribution is 2.23. The van der Waals surface area contributed by atoms with Gasteiger partial charge in [-0.05, 0) is 5.53 Å². The van der Waals surface area contributed by atoms with E-state index in [9.17, 15) is 0 Å². The number of thiazole rings is 1. The van der Waals surface area contributed by atoms with Gasteiger partial charge >= 0.3 is 0 Å². The van der Waals surface area contributed by atoms with Crippen LogP contribution in [0.2, 0.25) is 0 Å². The predicted octanol–water partition coefficient (Wildman–Crippen LogP) is 1.79. The van der Waals surface area contributed by atoms with E-state index in [4.69, 9.17) is 10.3 Å². The van der Waals surface area contributed by atoms with Gasteiger partial charge in [0.1, 0.15) is 0 Å². The fourth-order valence-corrected chi connectivity index (χ4v) is 2.25. The van der Waals surface area contributed by atoms with Gasteiger partial charge in [-0.15, -0.1) is 11.3 Å². The van der Waals surface area contributed by atoms with Gasteiger partial charge in [-0.25, -0.2) is 4.98 Å². The van der Waals surface area contributed by atoms with Crippen LogP contribution in [0.25, 0.3) is 10.4 Å². The number of anilines is 1. The highest BCUT2D eigenvalue weighted by atomic mass is 32.1. The molecule has 1 aliphatic heterocycles. The lowest BCUT2D eigenvalue weighted by Gasteiger charge is -2.25. The number of ether oxygens (including phenoxy) is 1. The quantitative estimate of drug-likeness (QED) is 0.447. The molecule has 6 nitrogen and oxygen atoms in total. The molecule has 0 bridgehead atoms. The molecule has 0 amide bonds. The maximum atomic E-state index is 8.20. The van der Waals surface area contributed by atoms with Crippen LogP contribution in [0.15, 0.2) is 11.3 Å². The molecule has 2 heterocycles. The zero-order valence-electron chi connectivity index (χ0n) is 8.17. The molecule has 7 heteroatoms. The molecular formula is C8H11N5OS. The summed E-state index contributed by atoms with van der Waals surface area (Å²) >= 11 is 1.57. The molecule has 15 heavy (non-hydrogen) atoms. The lowest BCUT2D eigenvalue weighted by atomic mass is 10.5. The molecule has 1 aliphatic rings. The number of aromatic nitrogens is 1. The summed E-state index contributed by atoms with van der Waals surface area (Å²) in [4.78, 5) is 10.2. The van der Waals surface area contributed by atoms with Crippen LogP contribution in [0.3, 0.4) is 0 Å². The molecule has 0 atom stereocenters. The van der Waals surface area contributed by atoms with Gasteiger partial charge in [0.25, 0.3) is 0 Å². The highest BCUT2D eigenvalue weighted by Gasteiger charge is 2.14. The summed E-state index contributed by atoms with van der Waals surface area (Å²) in [7, 11) is 0. The first-order valence-electron chi connectivity index (χ1n) is 4.68. The van der Waals surface area contributed by atoms with Gasteiger partial charge in [-0.1, -0.05) is 5.11 Å². The van der Waals surface area contributed by atoms with Crippen molar-refractivity contribution in [1.82, 2.24) is 4.98 Å². The van der Waals surface area contributed by atoms with Crippen molar-refractivity contribution in [2.45, 2.75) is 6.54 Å². The van der Waals surface area contributed by atoms with E-state index in [1.54, 1.807) is 17.5 Å². The molecule has 0 unspecified atom stereocenters. The summed E-state index contributed by atoms with van der Waals surface area (Å²) in [6.45, 7) is 3.66. The molecule has 1 fully saturated rings. The van der Waals surface area contributed by atoms with E-state index in [-0.39, 0.29) is 0 Å². The standard InChI is InChI=1S/C8H11N5OS/c9-12-11-6-7-5-10-8(15-7)13-1-3-14-4-2-13/h5H,1-4,6H2. The molecule has 1 aromatic heterocycles. The van der Waals surface area contributed by atoms with E-state index in [0.29, 0.717) is 6.54 Å². The first-order chi connectivity index (χ1) is 7.40. The second kappa shape index (κ2) is 4.97. The Labute approximate surface area is 91.1 Å². The summed E-state index contributed by atoms with van der Waals surface area (Å²) in [5, 5.41) is 4.50. The van der Waals surface area contributed by atoms with Crippen molar-refractivity contribution in [2.24, 2.45) is 5.11 Å². The molecule has 1 aromatic rings. The zero-order chi connectivity index (χ0) is 10.5. The van der Waals surface area contributed by atoms with Gasteiger partial charge in [0, 0.05) is 29.1 Å². The van der Waals surface area contributed by atoms with E-state index in [2.05, 4.69) is 19.9 Å². The van der Waals surface area contributed by atoms with Crippen molar-refractivity contribution in [3.8, 4) is 0 Å². The first kappa shape index (κ1) is 10.2. The number of hydrogen-bond acceptors (Lipinski definition) is 5. The maximum Gasteiger partial charge on any atom is 0.185 e. The van der Waals surface area contributed by atoms with Gasteiger partial charge in [-0.2, -0.15) is 0 Å². The molecule has 0 aliphatic carbocycles. The Kier molecular flexibility index (Phi) is 3.39. The molecule has 0 spiro atoms. The predicted molar refractivity (Wildman–Crippen MR) is 58.0 cm³/mol. The Bertz CT molecular complexity index is 367. The minimum atomic E-state index is 0.387. The average Bonchev–Trinajstić information content (AvgIpc) is 2.76. The minimum absolute atomic E-state index is 0.387. The summed E-state index contributed by atoms with van der Waals surface area (Å²) < 4.78 is 5.26. The van der Waals surface area contributed by atoms with Crippen LogP contribution in [-0.4, -0.2) is 31.3 Å². The van der Waals surface area contributed by atoms with E-state index < -0.39 is 0 Å². The fourth-order valence-electron chi connectivity index (χ4n) is 1.37. The van der Waals surface area contributed by atoms with Crippen molar-refractivity contribution >= 4 is 16.5 Å². The maximum absolute atomic E-state index is 8.20. The largest absolute Gasteiger partial charge is 0.378 e. The van der Waals surface area contributed by atoms with E-state index >= 15 is 0 Å². The Morgan fingerprint density at radius 1 is 1.60 bits per heavy atom. The van der Waals surface area contributed by atoms with Gasteiger partial charge in [0.2, 0.25) is 0 Å². The van der Waals surface area contributed by atoms with Crippen LogP contribution in [-0.2, 0) is 11.3 Å². The van der Waals surface area contributed by atoms with Crippen molar-refractivity contribution in [3.63, 3.8) is 0 Å². The summed E-state index contributed by atoms with van der Waals surface area (Å²) in [6.07, 6.45) is 1.77. The lowest BCUT2D eigenvalue weighted by molar-refractivity contribution is 0.122. The Hall–Kier alpha value is -1.30. The van der Waals surface area contributed by atoms with Crippen LogP contribution in [0.4, 0.5) is 5.13 Å². The zero-order valence-corrected chi connectivity index (χ0v) is 8.98. The van der Waals surface area contributed by atoms with E-state index in [0.717, 1.165) is 36.3 Å². The summed E-state index contributed by atoms with van der Waals surface area (Å²) in [5.41, 5.74) is 8.20. The average molecular weight is 225 g/mol. The summed E-state index contributed by atoms with van der Waals surface area (Å²) in [6, 6.07) is 0. The molecule has 0 saturated carbocycles. The third kappa shape index (κ3) is 2.59. The number of azide groups is 1. The van der Waals surface area contributed by atoms with E-state index in [1.165, 1.54) is 0 Å². The third-order valence-corrected chi connectivity index (χ3v) is 3.16. The van der Waals surface area contributed by atoms with Crippen molar-refractivity contribution < 1.29 is 4.74 Å². The van der Waals surface area contributed by atoms with Gasteiger partial charge < -0.3 is 9.64 Å². The number of morpholine rings is 1. The number of nitrogens with zero attached hydrogens (tertiary/aromatic N) is 5. The minimum Gasteiger partial charge on any atom is -0.378 e. The molecule has 0 aromatic carbocycles. The van der Waals surface area contributed by atoms with Crippen LogP contribution in [0.1, 0.15) is 4.88 Å². The summed E-state index contributed by atoms with van der Waals surface area (Å²) in [5.74, 6) is 0. The second-order valence-corrected chi connectivity index (χ2v) is 4.19. The molecular weight excluding hydrogens is 214 g/mol.